The predicted octanol–water partition coefficient (Wildman–Crippen LogP) is 1.39. The minimum absolute atomic E-state index is 0.0289. The molecule has 122 valence electrons. The maximum absolute atomic E-state index is 13.0. The van der Waals surface area contributed by atoms with Crippen LogP contribution < -0.4 is 5.32 Å². The number of piperidine rings is 1. The molecule has 2 aromatic rings. The van der Waals surface area contributed by atoms with Crippen LogP contribution in [0.25, 0.3) is 5.69 Å². The molecule has 1 N–H and O–H groups in total. The van der Waals surface area contributed by atoms with Crippen molar-refractivity contribution in [3.63, 3.8) is 0 Å². The van der Waals surface area contributed by atoms with Gasteiger partial charge in [-0.3, -0.25) is 4.79 Å². The number of nitrogens with zero attached hydrogens (tertiary/aromatic N) is 5. The van der Waals surface area contributed by atoms with E-state index in [0.717, 1.165) is 32.5 Å². The minimum atomic E-state index is -0.0289. The van der Waals surface area contributed by atoms with Crippen LogP contribution in [0.15, 0.2) is 24.5 Å². The Labute approximate surface area is 139 Å². The molecular weight excluding hydrogens is 316 g/mol. The second kappa shape index (κ2) is 7.06. The van der Waals surface area contributed by atoms with Gasteiger partial charge in [-0.1, -0.05) is 11.6 Å². The van der Waals surface area contributed by atoms with Crippen molar-refractivity contribution < 1.29 is 4.79 Å². The second-order valence-electron chi connectivity index (χ2n) is 5.73. The van der Waals surface area contributed by atoms with E-state index < -0.39 is 0 Å². The average molecular weight is 335 g/mol. The molecule has 1 saturated heterocycles. The Hall–Kier alpha value is -1.99. The van der Waals surface area contributed by atoms with Crippen molar-refractivity contribution >= 4 is 17.5 Å². The summed E-state index contributed by atoms with van der Waals surface area (Å²) in [6, 6.07) is 5.18. The predicted molar refractivity (Wildman–Crippen MR) is 86.7 cm³/mol. The Morgan fingerprint density at radius 2 is 2.35 bits per heavy atom. The number of tetrazole rings is 1. The second-order valence-corrected chi connectivity index (χ2v) is 6.17. The van der Waals surface area contributed by atoms with Crippen molar-refractivity contribution in [2.24, 2.45) is 5.92 Å². The Kier molecular flexibility index (Phi) is 4.88. The molecule has 1 atom stereocenters. The molecule has 7 nitrogen and oxygen atoms in total. The number of halogens is 1. The van der Waals surface area contributed by atoms with E-state index in [2.05, 4.69) is 20.8 Å². The van der Waals surface area contributed by atoms with Gasteiger partial charge in [0.05, 0.1) is 11.3 Å². The van der Waals surface area contributed by atoms with Gasteiger partial charge in [-0.05, 0) is 61.0 Å². The first-order chi connectivity index (χ1) is 11.2. The molecule has 0 bridgehead atoms. The number of carbonyl (C=O) groups excluding carboxylic acids is 1. The number of rotatable bonds is 4. The molecule has 0 aliphatic carbocycles. The van der Waals surface area contributed by atoms with Gasteiger partial charge in [0.15, 0.2) is 0 Å². The summed E-state index contributed by atoms with van der Waals surface area (Å²) in [6.45, 7) is 2.43. The zero-order valence-electron chi connectivity index (χ0n) is 12.9. The van der Waals surface area contributed by atoms with Crippen LogP contribution in [0.1, 0.15) is 23.2 Å². The van der Waals surface area contributed by atoms with E-state index in [9.17, 15) is 4.79 Å². The molecule has 1 fully saturated rings. The number of nitrogens with one attached hydrogen (secondary N) is 1. The van der Waals surface area contributed by atoms with Gasteiger partial charge in [-0.15, -0.1) is 5.10 Å². The summed E-state index contributed by atoms with van der Waals surface area (Å²) >= 11 is 6.10. The molecule has 0 spiro atoms. The van der Waals surface area contributed by atoms with Crippen molar-refractivity contribution in [2.45, 2.75) is 12.8 Å². The normalized spacial score (nSPS) is 18.2. The number of aromatic nitrogens is 4. The van der Waals surface area contributed by atoms with Gasteiger partial charge < -0.3 is 10.2 Å². The van der Waals surface area contributed by atoms with Gasteiger partial charge in [0.2, 0.25) is 0 Å². The summed E-state index contributed by atoms with van der Waals surface area (Å²) < 4.78 is 1.48. The lowest BCUT2D eigenvalue weighted by Crippen LogP contribution is -2.42. The van der Waals surface area contributed by atoms with Crippen LogP contribution in [0.4, 0.5) is 0 Å². The van der Waals surface area contributed by atoms with Crippen LogP contribution in [-0.2, 0) is 0 Å². The maximum Gasteiger partial charge on any atom is 0.256 e. The highest BCUT2D eigenvalue weighted by Gasteiger charge is 2.26. The van der Waals surface area contributed by atoms with Crippen LogP contribution in [-0.4, -0.2) is 57.7 Å². The third-order valence-electron chi connectivity index (χ3n) is 4.08. The molecule has 1 aliphatic rings. The van der Waals surface area contributed by atoms with E-state index in [0.29, 0.717) is 22.2 Å². The van der Waals surface area contributed by atoms with Gasteiger partial charge in [-0.25, -0.2) is 0 Å². The Morgan fingerprint density at radius 3 is 3.09 bits per heavy atom. The van der Waals surface area contributed by atoms with E-state index in [1.807, 2.05) is 11.9 Å². The number of likely N-dealkylation sites (tertiary alicyclic amines) is 1. The number of benzene rings is 1. The smallest absolute Gasteiger partial charge is 0.256 e. The molecule has 1 aromatic heterocycles. The summed E-state index contributed by atoms with van der Waals surface area (Å²) in [7, 11) is 1.94. The lowest BCUT2D eigenvalue weighted by Gasteiger charge is -2.33. The minimum Gasteiger partial charge on any atom is -0.338 e. The van der Waals surface area contributed by atoms with Crippen LogP contribution in [0.5, 0.6) is 0 Å². The zero-order chi connectivity index (χ0) is 16.2. The first kappa shape index (κ1) is 15.9. The molecule has 1 aliphatic heterocycles. The van der Waals surface area contributed by atoms with E-state index in [-0.39, 0.29) is 5.91 Å². The molecule has 0 radical (unpaired) electrons. The monoisotopic (exact) mass is 334 g/mol. The molecular formula is C15H19ClN6O. The fraction of sp³-hybridized carbons (Fsp3) is 0.467. The van der Waals surface area contributed by atoms with Crippen molar-refractivity contribution in [1.29, 1.82) is 0 Å². The third-order valence-corrected chi connectivity index (χ3v) is 4.32. The van der Waals surface area contributed by atoms with Crippen LogP contribution in [0.2, 0.25) is 5.02 Å². The SMILES string of the molecule is CNCC1CCCN(C(=O)c2cc(Cl)ccc2-n2cnnn2)C1. The van der Waals surface area contributed by atoms with Gasteiger partial charge in [0.25, 0.3) is 5.91 Å². The molecule has 8 heteroatoms. The molecule has 1 unspecified atom stereocenters. The summed E-state index contributed by atoms with van der Waals surface area (Å²) in [6.07, 6.45) is 3.62. The van der Waals surface area contributed by atoms with Crippen LogP contribution in [0.3, 0.4) is 0 Å². The fourth-order valence-corrected chi connectivity index (χ4v) is 3.20. The average Bonchev–Trinajstić information content (AvgIpc) is 3.09. The van der Waals surface area contributed by atoms with Gasteiger partial charge in [0, 0.05) is 18.1 Å². The maximum atomic E-state index is 13.0. The first-order valence-electron chi connectivity index (χ1n) is 7.66. The number of hydrogen-bond acceptors (Lipinski definition) is 5. The topological polar surface area (TPSA) is 75.9 Å². The quantitative estimate of drug-likeness (QED) is 0.914. The molecule has 2 heterocycles. The van der Waals surface area contributed by atoms with Gasteiger partial charge in [-0.2, -0.15) is 4.68 Å². The molecule has 1 amide bonds. The summed E-state index contributed by atoms with van der Waals surface area (Å²) in [5.41, 5.74) is 1.16. The van der Waals surface area contributed by atoms with E-state index >= 15 is 0 Å². The summed E-state index contributed by atoms with van der Waals surface area (Å²) in [5.74, 6) is 0.451. The van der Waals surface area contributed by atoms with Crippen molar-refractivity contribution in [3.05, 3.63) is 35.1 Å². The van der Waals surface area contributed by atoms with E-state index in [4.69, 9.17) is 11.6 Å². The largest absolute Gasteiger partial charge is 0.338 e. The van der Waals surface area contributed by atoms with Crippen molar-refractivity contribution in [2.75, 3.05) is 26.7 Å². The van der Waals surface area contributed by atoms with E-state index in [1.54, 1.807) is 18.2 Å². The van der Waals surface area contributed by atoms with Gasteiger partial charge in [0.1, 0.15) is 6.33 Å². The molecule has 3 rings (SSSR count). The Morgan fingerprint density at radius 1 is 1.48 bits per heavy atom. The highest BCUT2D eigenvalue weighted by atomic mass is 35.5. The lowest BCUT2D eigenvalue weighted by atomic mass is 9.97. The molecule has 23 heavy (non-hydrogen) atoms. The highest BCUT2D eigenvalue weighted by molar-refractivity contribution is 6.31. The standard InChI is InChI=1S/C15H19ClN6O/c1-17-8-11-3-2-6-21(9-11)15(23)13-7-12(16)4-5-14(13)22-10-18-19-20-22/h4-5,7,10-11,17H,2-3,6,8-9H2,1H3. The fourth-order valence-electron chi connectivity index (χ4n) is 3.03. The van der Waals surface area contributed by atoms with E-state index in [1.165, 1.54) is 11.0 Å². The lowest BCUT2D eigenvalue weighted by molar-refractivity contribution is 0.0674. The Bertz CT molecular complexity index is 673. The molecule has 1 aromatic carbocycles. The summed E-state index contributed by atoms with van der Waals surface area (Å²) in [4.78, 5) is 14.9. The van der Waals surface area contributed by atoms with Crippen molar-refractivity contribution in [1.82, 2.24) is 30.4 Å². The number of amides is 1. The zero-order valence-corrected chi connectivity index (χ0v) is 13.7. The van der Waals surface area contributed by atoms with Crippen molar-refractivity contribution in [3.8, 4) is 5.69 Å². The number of carbonyl (C=O) groups is 1. The highest BCUT2D eigenvalue weighted by Crippen LogP contribution is 2.23. The summed E-state index contributed by atoms with van der Waals surface area (Å²) in [5, 5.41) is 14.9. The van der Waals surface area contributed by atoms with Gasteiger partial charge >= 0.3 is 0 Å². The molecule has 0 saturated carbocycles. The van der Waals surface area contributed by atoms with Crippen LogP contribution in [0, 0.1) is 5.92 Å². The third kappa shape index (κ3) is 3.51. The first-order valence-corrected chi connectivity index (χ1v) is 8.03. The Balaban J connectivity index is 1.88. The van der Waals surface area contributed by atoms with Crippen LogP contribution >= 0.6 is 11.6 Å². The number of hydrogen-bond donors (Lipinski definition) is 1.